The lowest BCUT2D eigenvalue weighted by Crippen LogP contribution is -2.48. The second-order valence-corrected chi connectivity index (χ2v) is 7.63. The summed E-state index contributed by atoms with van der Waals surface area (Å²) >= 11 is 0. The van der Waals surface area contributed by atoms with Crippen molar-refractivity contribution in [3.05, 3.63) is 35.4 Å². The Morgan fingerprint density at radius 3 is 2.35 bits per heavy atom. The van der Waals surface area contributed by atoms with Gasteiger partial charge in [0, 0.05) is 19.0 Å². The topological polar surface area (TPSA) is 23.5 Å². The predicted molar refractivity (Wildman–Crippen MR) is 85.1 cm³/mol. The van der Waals surface area contributed by atoms with Gasteiger partial charge in [0.05, 0.1) is 5.60 Å². The van der Waals surface area contributed by atoms with Gasteiger partial charge in [-0.1, -0.05) is 45.0 Å². The SMILES string of the molecule is CC1CC(O)(Cc2ccc(C(C)(C)C)cc2)CCN1C. The lowest BCUT2D eigenvalue weighted by atomic mass is 9.81. The van der Waals surface area contributed by atoms with Crippen molar-refractivity contribution in [3.8, 4) is 0 Å². The number of hydrogen-bond acceptors (Lipinski definition) is 2. The molecule has 0 bridgehead atoms. The fraction of sp³-hybridized carbons (Fsp3) is 0.667. The normalized spacial score (nSPS) is 28.6. The Kier molecular flexibility index (Phi) is 4.27. The Hall–Kier alpha value is -0.860. The summed E-state index contributed by atoms with van der Waals surface area (Å²) in [5, 5.41) is 10.8. The Labute approximate surface area is 123 Å². The van der Waals surface area contributed by atoms with Gasteiger partial charge < -0.3 is 10.0 Å². The van der Waals surface area contributed by atoms with E-state index in [0.29, 0.717) is 6.04 Å². The van der Waals surface area contributed by atoms with Crippen LogP contribution in [0.5, 0.6) is 0 Å². The van der Waals surface area contributed by atoms with Crippen molar-refractivity contribution in [2.45, 2.75) is 64.0 Å². The minimum absolute atomic E-state index is 0.192. The molecule has 0 aliphatic carbocycles. The molecule has 0 aromatic heterocycles. The summed E-state index contributed by atoms with van der Waals surface area (Å²) in [6, 6.07) is 9.24. The van der Waals surface area contributed by atoms with E-state index in [4.69, 9.17) is 0 Å². The lowest BCUT2D eigenvalue weighted by molar-refractivity contribution is -0.0353. The molecule has 2 rings (SSSR count). The summed E-state index contributed by atoms with van der Waals surface area (Å²) in [6.07, 6.45) is 2.51. The van der Waals surface area contributed by atoms with Gasteiger partial charge in [-0.25, -0.2) is 0 Å². The molecule has 1 aromatic rings. The maximum absolute atomic E-state index is 10.8. The number of benzene rings is 1. The van der Waals surface area contributed by atoms with E-state index in [9.17, 15) is 5.11 Å². The Balaban J connectivity index is 2.06. The van der Waals surface area contributed by atoms with E-state index in [-0.39, 0.29) is 5.41 Å². The van der Waals surface area contributed by atoms with Crippen LogP contribution in [0.2, 0.25) is 0 Å². The summed E-state index contributed by atoms with van der Waals surface area (Å²) < 4.78 is 0. The van der Waals surface area contributed by atoms with Crippen LogP contribution in [0.25, 0.3) is 0 Å². The van der Waals surface area contributed by atoms with Crippen LogP contribution in [-0.2, 0) is 11.8 Å². The average molecular weight is 275 g/mol. The third-order valence-electron chi connectivity index (χ3n) is 4.71. The maximum atomic E-state index is 10.8. The number of piperidine rings is 1. The number of hydrogen-bond donors (Lipinski definition) is 1. The van der Waals surface area contributed by atoms with Gasteiger partial charge >= 0.3 is 0 Å². The third-order valence-corrected chi connectivity index (χ3v) is 4.71. The summed E-state index contributed by atoms with van der Waals surface area (Å²) in [4.78, 5) is 2.33. The Morgan fingerprint density at radius 1 is 1.25 bits per heavy atom. The highest BCUT2D eigenvalue weighted by Crippen LogP contribution is 2.30. The molecule has 1 N–H and O–H groups in total. The fourth-order valence-corrected chi connectivity index (χ4v) is 3.08. The zero-order chi connectivity index (χ0) is 15.0. The highest BCUT2D eigenvalue weighted by Gasteiger charge is 2.35. The fourth-order valence-electron chi connectivity index (χ4n) is 3.08. The minimum atomic E-state index is -0.533. The van der Waals surface area contributed by atoms with E-state index in [1.54, 1.807) is 0 Å². The van der Waals surface area contributed by atoms with Crippen molar-refractivity contribution in [1.29, 1.82) is 0 Å². The second kappa shape index (κ2) is 5.50. The van der Waals surface area contributed by atoms with Crippen LogP contribution < -0.4 is 0 Å². The van der Waals surface area contributed by atoms with Gasteiger partial charge in [-0.3, -0.25) is 0 Å². The standard InChI is InChI=1S/C18H29NO/c1-14-12-18(20,10-11-19(14)5)13-15-6-8-16(9-7-15)17(2,3)4/h6-9,14,20H,10-13H2,1-5H3. The van der Waals surface area contributed by atoms with Crippen LogP contribution >= 0.6 is 0 Å². The van der Waals surface area contributed by atoms with E-state index in [1.165, 1.54) is 11.1 Å². The first-order valence-corrected chi connectivity index (χ1v) is 7.72. The van der Waals surface area contributed by atoms with Gasteiger partial charge in [0.2, 0.25) is 0 Å². The molecule has 2 heteroatoms. The van der Waals surface area contributed by atoms with E-state index in [0.717, 1.165) is 25.8 Å². The molecule has 1 heterocycles. The van der Waals surface area contributed by atoms with Crippen molar-refractivity contribution in [2.75, 3.05) is 13.6 Å². The predicted octanol–water partition coefficient (Wildman–Crippen LogP) is 3.37. The lowest BCUT2D eigenvalue weighted by Gasteiger charge is -2.41. The first-order valence-electron chi connectivity index (χ1n) is 7.72. The van der Waals surface area contributed by atoms with Gasteiger partial charge in [-0.05, 0) is 43.4 Å². The molecule has 2 atom stereocenters. The number of nitrogens with zero attached hydrogens (tertiary/aromatic N) is 1. The molecule has 0 spiro atoms. The number of rotatable bonds is 2. The molecule has 112 valence electrons. The van der Waals surface area contributed by atoms with Crippen molar-refractivity contribution in [2.24, 2.45) is 0 Å². The summed E-state index contributed by atoms with van der Waals surface area (Å²) in [7, 11) is 2.14. The summed E-state index contributed by atoms with van der Waals surface area (Å²) in [5.74, 6) is 0. The molecule has 1 saturated heterocycles. The quantitative estimate of drug-likeness (QED) is 0.894. The van der Waals surface area contributed by atoms with Crippen molar-refractivity contribution < 1.29 is 5.11 Å². The molecular weight excluding hydrogens is 246 g/mol. The van der Waals surface area contributed by atoms with Crippen LogP contribution in [0.3, 0.4) is 0 Å². The summed E-state index contributed by atoms with van der Waals surface area (Å²) in [5.41, 5.74) is 2.26. The van der Waals surface area contributed by atoms with Crippen LogP contribution in [0, 0.1) is 0 Å². The highest BCUT2D eigenvalue weighted by molar-refractivity contribution is 5.28. The zero-order valence-corrected chi connectivity index (χ0v) is 13.6. The van der Waals surface area contributed by atoms with Crippen molar-refractivity contribution >= 4 is 0 Å². The van der Waals surface area contributed by atoms with Gasteiger partial charge in [0.1, 0.15) is 0 Å². The van der Waals surface area contributed by atoms with E-state index in [1.807, 2.05) is 0 Å². The zero-order valence-electron chi connectivity index (χ0n) is 13.6. The van der Waals surface area contributed by atoms with Gasteiger partial charge in [-0.2, -0.15) is 0 Å². The molecule has 0 saturated carbocycles. The van der Waals surface area contributed by atoms with E-state index >= 15 is 0 Å². The third kappa shape index (κ3) is 3.62. The first-order chi connectivity index (χ1) is 9.20. The molecule has 1 fully saturated rings. The smallest absolute Gasteiger partial charge is 0.0714 e. The number of likely N-dealkylation sites (tertiary alicyclic amines) is 1. The molecule has 1 aliphatic rings. The van der Waals surface area contributed by atoms with E-state index in [2.05, 4.69) is 63.9 Å². The second-order valence-electron chi connectivity index (χ2n) is 7.63. The average Bonchev–Trinajstić information content (AvgIpc) is 2.34. The minimum Gasteiger partial charge on any atom is -0.389 e. The molecule has 1 aliphatic heterocycles. The van der Waals surface area contributed by atoms with Crippen molar-refractivity contribution in [3.63, 3.8) is 0 Å². The molecule has 1 aromatic carbocycles. The summed E-state index contributed by atoms with van der Waals surface area (Å²) in [6.45, 7) is 9.88. The highest BCUT2D eigenvalue weighted by atomic mass is 16.3. The Morgan fingerprint density at radius 2 is 1.85 bits per heavy atom. The number of aliphatic hydroxyl groups is 1. The first kappa shape index (κ1) is 15.5. The molecular formula is C18H29NO. The maximum Gasteiger partial charge on any atom is 0.0714 e. The van der Waals surface area contributed by atoms with Gasteiger partial charge in [-0.15, -0.1) is 0 Å². The van der Waals surface area contributed by atoms with Crippen LogP contribution in [0.1, 0.15) is 51.7 Å². The van der Waals surface area contributed by atoms with Crippen molar-refractivity contribution in [1.82, 2.24) is 4.90 Å². The molecule has 0 amide bonds. The van der Waals surface area contributed by atoms with Crippen LogP contribution in [-0.4, -0.2) is 35.2 Å². The van der Waals surface area contributed by atoms with Crippen LogP contribution in [0.4, 0.5) is 0 Å². The van der Waals surface area contributed by atoms with E-state index < -0.39 is 5.60 Å². The molecule has 0 radical (unpaired) electrons. The molecule has 2 unspecified atom stereocenters. The monoisotopic (exact) mass is 275 g/mol. The van der Waals surface area contributed by atoms with Gasteiger partial charge in [0.15, 0.2) is 0 Å². The largest absolute Gasteiger partial charge is 0.389 e. The Bertz CT molecular complexity index is 445. The van der Waals surface area contributed by atoms with Gasteiger partial charge in [0.25, 0.3) is 0 Å². The van der Waals surface area contributed by atoms with Crippen LogP contribution in [0.15, 0.2) is 24.3 Å². The molecule has 20 heavy (non-hydrogen) atoms. The molecule has 2 nitrogen and oxygen atoms in total.